The number of ether oxygens (including phenoxy) is 3. The van der Waals surface area contributed by atoms with E-state index in [1.165, 1.54) is 6.08 Å². The van der Waals surface area contributed by atoms with Gasteiger partial charge in [-0.25, -0.2) is 9.59 Å². The summed E-state index contributed by atoms with van der Waals surface area (Å²) < 4.78 is 17.7. The van der Waals surface area contributed by atoms with Gasteiger partial charge in [-0.05, 0) is 26.7 Å². The Morgan fingerprint density at radius 2 is 1.89 bits per heavy atom. The third kappa shape index (κ3) is 2.75. The van der Waals surface area contributed by atoms with Gasteiger partial charge in [0.15, 0.2) is 11.9 Å². The minimum absolute atomic E-state index is 0.209. The lowest BCUT2D eigenvalue weighted by molar-refractivity contribution is -0.357. The second-order valence-corrected chi connectivity index (χ2v) is 11.2. The van der Waals surface area contributed by atoms with Crippen LogP contribution in [-0.2, 0) is 23.8 Å². The molecule has 0 amide bonds. The van der Waals surface area contributed by atoms with E-state index < -0.39 is 88.9 Å². The molecule has 5 N–H and O–H groups in total. The van der Waals surface area contributed by atoms with Crippen LogP contribution in [0.5, 0.6) is 0 Å². The van der Waals surface area contributed by atoms with E-state index in [2.05, 4.69) is 0 Å². The van der Waals surface area contributed by atoms with Crippen LogP contribution in [0.2, 0.25) is 0 Å². The van der Waals surface area contributed by atoms with Gasteiger partial charge in [0.2, 0.25) is 0 Å². The van der Waals surface area contributed by atoms with Gasteiger partial charge in [0.1, 0.15) is 18.3 Å². The molecular weight excluding hydrogens is 460 g/mol. The topological polar surface area (TPSA) is 163 Å². The summed E-state index contributed by atoms with van der Waals surface area (Å²) in [6.45, 7) is 8.05. The maximum absolute atomic E-state index is 13.0. The van der Waals surface area contributed by atoms with E-state index >= 15 is 0 Å². The molecule has 0 aromatic carbocycles. The van der Waals surface area contributed by atoms with E-state index in [9.17, 15) is 35.1 Å². The van der Waals surface area contributed by atoms with Gasteiger partial charge in [0.25, 0.3) is 0 Å². The second-order valence-electron chi connectivity index (χ2n) is 11.2. The quantitative estimate of drug-likeness (QED) is 0.191. The fourth-order valence-electron chi connectivity index (χ4n) is 8.37. The van der Waals surface area contributed by atoms with Crippen LogP contribution in [0.4, 0.5) is 0 Å². The molecule has 2 bridgehead atoms. The first-order valence-corrected chi connectivity index (χ1v) is 12.1. The first-order valence-electron chi connectivity index (χ1n) is 12.1. The summed E-state index contributed by atoms with van der Waals surface area (Å²) in [5.41, 5.74) is -1.79. The van der Waals surface area contributed by atoms with Gasteiger partial charge in [0, 0.05) is 34.2 Å². The Labute approximate surface area is 203 Å². The van der Waals surface area contributed by atoms with Crippen LogP contribution in [0, 0.1) is 34.5 Å². The minimum Gasteiger partial charge on any atom is -0.456 e. The number of rotatable bonds is 2. The van der Waals surface area contributed by atoms with Crippen LogP contribution in [0.15, 0.2) is 23.3 Å². The highest BCUT2D eigenvalue weighted by atomic mass is 16.7. The lowest BCUT2D eigenvalue weighted by atomic mass is 9.37. The Morgan fingerprint density at radius 1 is 1.23 bits per heavy atom. The summed E-state index contributed by atoms with van der Waals surface area (Å²) in [7, 11) is 0. The van der Waals surface area contributed by atoms with Gasteiger partial charge in [-0.15, -0.1) is 0 Å². The summed E-state index contributed by atoms with van der Waals surface area (Å²) in [6.07, 6.45) is -5.04. The lowest BCUT2D eigenvalue weighted by Crippen LogP contribution is -2.81. The highest BCUT2D eigenvalue weighted by Crippen LogP contribution is 2.74. The predicted octanol–water partition coefficient (Wildman–Crippen LogP) is -0.583. The highest BCUT2D eigenvalue weighted by molar-refractivity contribution is 5.88. The number of aliphatic hydroxyl groups excluding tert-OH is 4. The number of allylic oxidation sites excluding steroid dienone is 1. The van der Waals surface area contributed by atoms with Gasteiger partial charge < -0.3 is 39.7 Å². The summed E-state index contributed by atoms with van der Waals surface area (Å²) in [6, 6.07) is 0. The van der Waals surface area contributed by atoms with E-state index in [0.29, 0.717) is 11.1 Å². The van der Waals surface area contributed by atoms with Crippen LogP contribution < -0.4 is 0 Å². The Balaban J connectivity index is 1.80. The zero-order valence-corrected chi connectivity index (χ0v) is 20.4. The first-order chi connectivity index (χ1) is 16.3. The van der Waals surface area contributed by atoms with Crippen LogP contribution >= 0.6 is 0 Å². The molecule has 35 heavy (non-hydrogen) atoms. The molecule has 13 atom stereocenters. The van der Waals surface area contributed by atoms with Crippen LogP contribution in [0.1, 0.15) is 34.6 Å². The molecule has 0 aromatic rings. The Kier molecular flexibility index (Phi) is 5.39. The van der Waals surface area contributed by atoms with Crippen molar-refractivity contribution in [3.05, 3.63) is 23.3 Å². The Hall–Kier alpha value is -1.82. The largest absolute Gasteiger partial charge is 0.456 e. The van der Waals surface area contributed by atoms with Crippen molar-refractivity contribution in [2.75, 3.05) is 6.61 Å². The van der Waals surface area contributed by atoms with Gasteiger partial charge in [-0.1, -0.05) is 31.6 Å². The molecule has 10 heteroatoms. The number of carbonyl (C=O) groups excluding carboxylic acids is 2. The standard InChI is InChI=1S/C25H34O10/c1-6-9(2)20(30)34-16-13-10(3)7-12(26)18(29)23(13,5)22-24-8-33-25(22,32)17(28)11(4)14(24)15(27)21(31)35-19(16)24/h6-7,11-19,22,26-29,32H,8H2,1-5H3. The first kappa shape index (κ1) is 24.9. The van der Waals surface area contributed by atoms with Gasteiger partial charge in [-0.2, -0.15) is 0 Å². The van der Waals surface area contributed by atoms with Crippen molar-refractivity contribution in [2.45, 2.75) is 77.0 Å². The second kappa shape index (κ2) is 7.60. The average molecular weight is 495 g/mol. The molecule has 4 fully saturated rings. The summed E-state index contributed by atoms with van der Waals surface area (Å²) in [5, 5.41) is 56.2. The molecule has 5 rings (SSSR count). The average Bonchev–Trinajstić information content (AvgIpc) is 3.09. The smallest absolute Gasteiger partial charge is 0.335 e. The van der Waals surface area contributed by atoms with Crippen molar-refractivity contribution in [3.63, 3.8) is 0 Å². The van der Waals surface area contributed by atoms with E-state index in [1.807, 2.05) is 0 Å². The fraction of sp³-hybridized carbons (Fsp3) is 0.760. The van der Waals surface area contributed by atoms with E-state index in [0.717, 1.165) is 0 Å². The molecule has 2 saturated heterocycles. The maximum atomic E-state index is 13.0. The zero-order valence-electron chi connectivity index (χ0n) is 20.4. The number of aliphatic hydroxyl groups is 5. The van der Waals surface area contributed by atoms with Gasteiger partial charge in [0.05, 0.1) is 18.8 Å². The maximum Gasteiger partial charge on any atom is 0.335 e. The molecule has 10 nitrogen and oxygen atoms in total. The monoisotopic (exact) mass is 494 g/mol. The molecule has 2 saturated carbocycles. The molecule has 0 aromatic heterocycles. The third-order valence-corrected chi connectivity index (χ3v) is 9.77. The molecular formula is C25H34O10. The zero-order chi connectivity index (χ0) is 25.8. The third-order valence-electron chi connectivity index (χ3n) is 9.77. The molecule has 2 heterocycles. The lowest BCUT2D eigenvalue weighted by Gasteiger charge is -2.69. The molecule has 1 spiro atoms. The molecule has 3 aliphatic carbocycles. The summed E-state index contributed by atoms with van der Waals surface area (Å²) in [4.78, 5) is 25.9. The molecule has 5 aliphatic rings. The Bertz CT molecular complexity index is 1020. The number of fused-ring (bicyclic) bond motifs is 1. The molecule has 2 aliphatic heterocycles. The van der Waals surface area contributed by atoms with Crippen molar-refractivity contribution in [3.8, 4) is 0 Å². The van der Waals surface area contributed by atoms with Crippen molar-refractivity contribution in [1.29, 1.82) is 0 Å². The van der Waals surface area contributed by atoms with E-state index in [1.54, 1.807) is 40.7 Å². The summed E-state index contributed by atoms with van der Waals surface area (Å²) >= 11 is 0. The minimum atomic E-state index is -2.16. The number of hydrogen-bond acceptors (Lipinski definition) is 10. The molecule has 0 radical (unpaired) electrons. The summed E-state index contributed by atoms with van der Waals surface area (Å²) in [5.74, 6) is -7.28. The van der Waals surface area contributed by atoms with Crippen molar-refractivity contribution in [1.82, 2.24) is 0 Å². The SMILES string of the molecule is CC=C(C)C(=O)OC1C2C(C)=CC(O)C(O)C2(C)C2C3(O)OCC24C1OC(=O)C(O)C4C(C)C3O. The van der Waals surface area contributed by atoms with Gasteiger partial charge >= 0.3 is 11.9 Å². The highest BCUT2D eigenvalue weighted by Gasteiger charge is 2.85. The van der Waals surface area contributed by atoms with Crippen molar-refractivity contribution in [2.24, 2.45) is 34.5 Å². The molecule has 13 unspecified atom stereocenters. The molecule has 194 valence electrons. The van der Waals surface area contributed by atoms with Crippen molar-refractivity contribution >= 4 is 11.9 Å². The van der Waals surface area contributed by atoms with Crippen LogP contribution in [0.25, 0.3) is 0 Å². The Morgan fingerprint density at radius 3 is 2.51 bits per heavy atom. The van der Waals surface area contributed by atoms with Crippen LogP contribution in [-0.4, -0.2) is 86.5 Å². The van der Waals surface area contributed by atoms with Gasteiger partial charge in [-0.3, -0.25) is 0 Å². The fourth-order valence-corrected chi connectivity index (χ4v) is 8.37. The normalized spacial score (nSPS) is 54.9. The van der Waals surface area contributed by atoms with Crippen molar-refractivity contribution < 1.29 is 49.3 Å². The predicted molar refractivity (Wildman–Crippen MR) is 118 cm³/mol. The van der Waals surface area contributed by atoms with Crippen LogP contribution in [0.3, 0.4) is 0 Å². The van der Waals surface area contributed by atoms with E-state index in [4.69, 9.17) is 14.2 Å². The number of carbonyl (C=O) groups is 2. The number of esters is 2. The van der Waals surface area contributed by atoms with E-state index in [-0.39, 0.29) is 6.61 Å². The number of hydrogen-bond donors (Lipinski definition) is 5.